The van der Waals surface area contributed by atoms with Gasteiger partial charge < -0.3 is 4.42 Å². The Morgan fingerprint density at radius 2 is 1.96 bits per heavy atom. The summed E-state index contributed by atoms with van der Waals surface area (Å²) in [5.41, 5.74) is 3.26. The average molecular weight is 357 g/mol. The minimum absolute atomic E-state index is 0.271. The molecule has 1 aromatic carbocycles. The predicted octanol–water partition coefficient (Wildman–Crippen LogP) is 4.33. The maximum Gasteiger partial charge on any atom is 0.266 e. The fraction of sp³-hybridized carbons (Fsp3) is 0.167. The van der Waals surface area contributed by atoms with Crippen molar-refractivity contribution >= 4 is 17.2 Å². The molecule has 0 aliphatic heterocycles. The van der Waals surface area contributed by atoms with Crippen LogP contribution < -0.4 is 0 Å². The van der Waals surface area contributed by atoms with Crippen LogP contribution in [0.4, 0.5) is 4.39 Å². The Balaban J connectivity index is 1.72. The second-order valence-electron chi connectivity index (χ2n) is 5.64. The Morgan fingerprint density at radius 1 is 1.16 bits per heavy atom. The third-order valence-electron chi connectivity index (χ3n) is 3.93. The van der Waals surface area contributed by atoms with E-state index in [9.17, 15) is 4.39 Å². The van der Waals surface area contributed by atoms with E-state index in [2.05, 4.69) is 15.2 Å². The zero-order valence-electron chi connectivity index (χ0n) is 13.4. The Bertz CT molecular complexity index is 1040. The summed E-state index contributed by atoms with van der Waals surface area (Å²) in [6.45, 7) is 2.02. The summed E-state index contributed by atoms with van der Waals surface area (Å²) in [5.74, 6) is 0.600. The lowest BCUT2D eigenvalue weighted by Gasteiger charge is -1.99. The van der Waals surface area contributed by atoms with E-state index in [0.717, 1.165) is 29.0 Å². The fourth-order valence-corrected chi connectivity index (χ4v) is 2.89. The highest BCUT2D eigenvalue weighted by Gasteiger charge is 2.19. The molecule has 4 rings (SSSR count). The molecule has 0 saturated carbocycles. The second kappa shape index (κ2) is 6.29. The lowest BCUT2D eigenvalue weighted by Crippen LogP contribution is -1.91. The summed E-state index contributed by atoms with van der Waals surface area (Å²) >= 11 is 6.04. The molecule has 4 aromatic rings. The van der Waals surface area contributed by atoms with Gasteiger partial charge in [-0.05, 0) is 30.2 Å². The Kier molecular flexibility index (Phi) is 3.97. The van der Waals surface area contributed by atoms with Crippen molar-refractivity contribution in [1.82, 2.24) is 19.6 Å². The van der Waals surface area contributed by atoms with E-state index in [1.54, 1.807) is 24.3 Å². The molecule has 0 atom stereocenters. The van der Waals surface area contributed by atoms with Crippen LogP contribution in [0.1, 0.15) is 24.1 Å². The minimum Gasteiger partial charge on any atom is -0.419 e. The van der Waals surface area contributed by atoms with Gasteiger partial charge >= 0.3 is 0 Å². The highest BCUT2D eigenvalue weighted by Crippen LogP contribution is 2.26. The van der Waals surface area contributed by atoms with E-state index in [-0.39, 0.29) is 5.82 Å². The van der Waals surface area contributed by atoms with Crippen molar-refractivity contribution in [3.63, 3.8) is 0 Å². The fourth-order valence-electron chi connectivity index (χ4n) is 2.74. The van der Waals surface area contributed by atoms with E-state index in [0.29, 0.717) is 23.2 Å². The van der Waals surface area contributed by atoms with Crippen molar-refractivity contribution in [3.8, 4) is 11.6 Å². The van der Waals surface area contributed by atoms with Crippen molar-refractivity contribution in [1.29, 1.82) is 0 Å². The van der Waals surface area contributed by atoms with Gasteiger partial charge in [0.2, 0.25) is 5.89 Å². The van der Waals surface area contributed by atoms with Gasteiger partial charge in [-0.2, -0.15) is 0 Å². The number of rotatable bonds is 4. The number of hydrogen-bond acceptors (Lipinski definition) is 4. The van der Waals surface area contributed by atoms with E-state index < -0.39 is 0 Å². The molecule has 126 valence electrons. The van der Waals surface area contributed by atoms with Gasteiger partial charge in [0.15, 0.2) is 0 Å². The summed E-state index contributed by atoms with van der Waals surface area (Å²) in [4.78, 5) is 4.58. The van der Waals surface area contributed by atoms with Crippen LogP contribution in [-0.2, 0) is 12.8 Å². The van der Waals surface area contributed by atoms with Gasteiger partial charge in [0.05, 0.1) is 12.1 Å². The first-order chi connectivity index (χ1) is 12.1. The Labute approximate surface area is 148 Å². The van der Waals surface area contributed by atoms with E-state index in [1.807, 2.05) is 17.5 Å². The van der Waals surface area contributed by atoms with Gasteiger partial charge in [-0.15, -0.1) is 10.2 Å². The molecule has 3 heterocycles. The van der Waals surface area contributed by atoms with Gasteiger partial charge in [0.25, 0.3) is 5.89 Å². The maximum absolute atomic E-state index is 13.0. The molecule has 25 heavy (non-hydrogen) atoms. The lowest BCUT2D eigenvalue weighted by atomic mass is 10.1. The molecule has 0 amide bonds. The Morgan fingerprint density at radius 3 is 2.72 bits per heavy atom. The number of pyridine rings is 1. The van der Waals surface area contributed by atoms with Crippen LogP contribution in [0.5, 0.6) is 0 Å². The zero-order chi connectivity index (χ0) is 17.4. The number of fused-ring (bicyclic) bond motifs is 1. The van der Waals surface area contributed by atoms with Crippen LogP contribution in [0.15, 0.2) is 47.0 Å². The zero-order valence-corrected chi connectivity index (χ0v) is 14.2. The first kappa shape index (κ1) is 15.8. The SMILES string of the molecule is CCc1nc2cc(Cl)ccn2c1-c1nnc(Cc2ccc(F)cc2)o1. The van der Waals surface area contributed by atoms with Crippen LogP contribution >= 0.6 is 11.6 Å². The quantitative estimate of drug-likeness (QED) is 0.546. The summed E-state index contributed by atoms with van der Waals surface area (Å²) < 4.78 is 20.7. The van der Waals surface area contributed by atoms with Gasteiger partial charge in [0, 0.05) is 17.3 Å². The van der Waals surface area contributed by atoms with Crippen LogP contribution in [0.25, 0.3) is 17.2 Å². The highest BCUT2D eigenvalue weighted by atomic mass is 35.5. The second-order valence-corrected chi connectivity index (χ2v) is 6.07. The molecule has 0 saturated heterocycles. The molecule has 0 N–H and O–H groups in total. The molecule has 0 fully saturated rings. The van der Waals surface area contributed by atoms with E-state index in [1.165, 1.54) is 12.1 Å². The lowest BCUT2D eigenvalue weighted by molar-refractivity contribution is 0.515. The largest absolute Gasteiger partial charge is 0.419 e. The smallest absolute Gasteiger partial charge is 0.266 e. The number of aryl methyl sites for hydroxylation is 1. The van der Waals surface area contributed by atoms with E-state index >= 15 is 0 Å². The van der Waals surface area contributed by atoms with E-state index in [4.69, 9.17) is 16.0 Å². The van der Waals surface area contributed by atoms with Crippen LogP contribution in [0.3, 0.4) is 0 Å². The molecule has 0 radical (unpaired) electrons. The van der Waals surface area contributed by atoms with Crippen molar-refractivity contribution in [2.45, 2.75) is 19.8 Å². The third kappa shape index (κ3) is 3.00. The first-order valence-corrected chi connectivity index (χ1v) is 8.25. The molecule has 0 aliphatic carbocycles. The summed E-state index contributed by atoms with van der Waals surface area (Å²) in [5, 5.41) is 8.90. The number of imidazole rings is 1. The molecule has 0 aliphatic rings. The molecule has 5 nitrogen and oxygen atoms in total. The van der Waals surface area contributed by atoms with Crippen LogP contribution in [0, 0.1) is 5.82 Å². The molecule has 0 unspecified atom stereocenters. The highest BCUT2D eigenvalue weighted by molar-refractivity contribution is 6.30. The molecule has 0 spiro atoms. The van der Waals surface area contributed by atoms with Crippen molar-refractivity contribution in [2.75, 3.05) is 0 Å². The maximum atomic E-state index is 13.0. The van der Waals surface area contributed by atoms with Gasteiger partial charge in [0.1, 0.15) is 17.2 Å². The third-order valence-corrected chi connectivity index (χ3v) is 4.17. The predicted molar refractivity (Wildman–Crippen MR) is 92.1 cm³/mol. The monoisotopic (exact) mass is 356 g/mol. The molecule has 0 bridgehead atoms. The average Bonchev–Trinajstić information content (AvgIpc) is 3.20. The van der Waals surface area contributed by atoms with Crippen LogP contribution in [0.2, 0.25) is 5.02 Å². The number of hydrogen-bond donors (Lipinski definition) is 0. The topological polar surface area (TPSA) is 56.2 Å². The van der Waals surface area contributed by atoms with Crippen LogP contribution in [-0.4, -0.2) is 19.6 Å². The normalized spacial score (nSPS) is 11.3. The van der Waals surface area contributed by atoms with Crippen molar-refractivity contribution < 1.29 is 8.81 Å². The summed E-state index contributed by atoms with van der Waals surface area (Å²) in [6, 6.07) is 9.81. The number of aromatic nitrogens is 4. The van der Waals surface area contributed by atoms with Crippen molar-refractivity contribution in [3.05, 3.63) is 70.6 Å². The van der Waals surface area contributed by atoms with Crippen molar-refractivity contribution in [2.24, 2.45) is 0 Å². The molecular formula is C18H14ClFN4O. The standard InChI is InChI=1S/C18H14ClFN4O/c1-2-14-17(24-8-7-12(19)10-15(24)21-14)18-23-22-16(25-18)9-11-3-5-13(20)6-4-11/h3-8,10H,2,9H2,1H3. The Hall–Kier alpha value is -2.73. The van der Waals surface area contributed by atoms with Gasteiger partial charge in [-0.25, -0.2) is 9.37 Å². The summed E-state index contributed by atoms with van der Waals surface area (Å²) in [6.07, 6.45) is 3.00. The van der Waals surface area contributed by atoms with Gasteiger partial charge in [-0.3, -0.25) is 4.40 Å². The minimum atomic E-state index is -0.271. The first-order valence-electron chi connectivity index (χ1n) is 7.87. The number of benzene rings is 1. The number of nitrogens with zero attached hydrogens (tertiary/aromatic N) is 4. The molecule has 3 aromatic heterocycles. The summed E-state index contributed by atoms with van der Waals surface area (Å²) in [7, 11) is 0. The molecule has 7 heteroatoms. The van der Waals surface area contributed by atoms with Gasteiger partial charge in [-0.1, -0.05) is 30.7 Å². The number of halogens is 2. The molecular weight excluding hydrogens is 343 g/mol.